The van der Waals surface area contributed by atoms with E-state index in [2.05, 4.69) is 0 Å². The molecule has 1 aromatic rings. The minimum absolute atomic E-state index is 0.175. The van der Waals surface area contributed by atoms with Crippen LogP contribution in [0.15, 0.2) is 12.1 Å². The normalized spacial score (nSPS) is 14.1. The van der Waals surface area contributed by atoms with Crippen LogP contribution in [0.1, 0.15) is 35.3 Å². The third-order valence-corrected chi connectivity index (χ3v) is 2.86. The van der Waals surface area contributed by atoms with E-state index in [1.165, 1.54) is 0 Å². The van der Waals surface area contributed by atoms with Gasteiger partial charge in [-0.1, -0.05) is 17.7 Å². The minimum atomic E-state index is -1.55. The van der Waals surface area contributed by atoms with Crippen LogP contribution in [-0.2, 0) is 9.53 Å². The first-order valence-corrected chi connectivity index (χ1v) is 5.99. The van der Waals surface area contributed by atoms with Gasteiger partial charge in [0.15, 0.2) is 6.10 Å². The number of carbonyl (C=O) groups is 1. The van der Waals surface area contributed by atoms with E-state index >= 15 is 0 Å². The quantitative estimate of drug-likeness (QED) is 0.798. The predicted octanol–water partition coefficient (Wildman–Crippen LogP) is 1.57. The molecule has 1 aromatic carbocycles. The molecule has 4 nitrogen and oxygen atoms in total. The maximum Gasteiger partial charge on any atom is 0.338 e. The minimum Gasteiger partial charge on any atom is -0.464 e. The fourth-order valence-electron chi connectivity index (χ4n) is 2.17. The first-order valence-electron chi connectivity index (χ1n) is 5.99. The lowest BCUT2D eigenvalue weighted by molar-refractivity contribution is -0.159. The Kier molecular flexibility index (Phi) is 4.87. The Morgan fingerprint density at radius 3 is 2.17 bits per heavy atom. The van der Waals surface area contributed by atoms with Crippen molar-refractivity contribution in [3.05, 3.63) is 34.4 Å². The van der Waals surface area contributed by atoms with Crippen LogP contribution in [0.2, 0.25) is 0 Å². The Hall–Kier alpha value is -1.39. The Balaban J connectivity index is 3.03. The van der Waals surface area contributed by atoms with Crippen LogP contribution in [0, 0.1) is 20.8 Å². The van der Waals surface area contributed by atoms with Crippen LogP contribution in [-0.4, -0.2) is 28.9 Å². The second kappa shape index (κ2) is 5.98. The molecular formula is C14H20O4. The molecule has 0 aliphatic rings. The second-order valence-electron chi connectivity index (χ2n) is 4.45. The van der Waals surface area contributed by atoms with Crippen molar-refractivity contribution in [1.29, 1.82) is 0 Å². The molecule has 0 saturated carbocycles. The fourth-order valence-corrected chi connectivity index (χ4v) is 2.17. The molecule has 0 saturated heterocycles. The van der Waals surface area contributed by atoms with Gasteiger partial charge in [0, 0.05) is 0 Å². The van der Waals surface area contributed by atoms with Gasteiger partial charge in [0.05, 0.1) is 6.61 Å². The highest BCUT2D eigenvalue weighted by molar-refractivity contribution is 5.75. The summed E-state index contributed by atoms with van der Waals surface area (Å²) in [7, 11) is 0. The number of rotatable bonds is 4. The lowest BCUT2D eigenvalue weighted by Gasteiger charge is -2.21. The van der Waals surface area contributed by atoms with E-state index in [0.29, 0.717) is 5.56 Å². The van der Waals surface area contributed by atoms with E-state index < -0.39 is 18.2 Å². The maximum absolute atomic E-state index is 11.4. The molecule has 0 aliphatic carbocycles. The van der Waals surface area contributed by atoms with E-state index in [1.54, 1.807) is 6.92 Å². The van der Waals surface area contributed by atoms with Gasteiger partial charge >= 0.3 is 5.97 Å². The lowest BCUT2D eigenvalue weighted by Crippen LogP contribution is -2.30. The summed E-state index contributed by atoms with van der Waals surface area (Å²) < 4.78 is 4.70. The molecular weight excluding hydrogens is 232 g/mol. The third-order valence-electron chi connectivity index (χ3n) is 2.86. The van der Waals surface area contributed by atoms with Crippen LogP contribution < -0.4 is 0 Å². The Labute approximate surface area is 107 Å². The van der Waals surface area contributed by atoms with E-state index in [4.69, 9.17) is 4.74 Å². The van der Waals surface area contributed by atoms with Crippen LogP contribution in [0.3, 0.4) is 0 Å². The van der Waals surface area contributed by atoms with E-state index in [-0.39, 0.29) is 6.61 Å². The van der Waals surface area contributed by atoms with Crippen molar-refractivity contribution in [3.63, 3.8) is 0 Å². The maximum atomic E-state index is 11.4. The van der Waals surface area contributed by atoms with E-state index in [9.17, 15) is 15.0 Å². The second-order valence-corrected chi connectivity index (χ2v) is 4.45. The molecule has 18 heavy (non-hydrogen) atoms. The molecule has 4 heteroatoms. The number of aliphatic hydroxyl groups is 2. The average molecular weight is 252 g/mol. The zero-order chi connectivity index (χ0) is 13.9. The molecule has 0 fully saturated rings. The fraction of sp³-hybridized carbons (Fsp3) is 0.500. The molecule has 2 N–H and O–H groups in total. The highest BCUT2D eigenvalue weighted by Gasteiger charge is 2.29. The van der Waals surface area contributed by atoms with Gasteiger partial charge in [0.25, 0.3) is 0 Å². The number of hydrogen-bond donors (Lipinski definition) is 2. The van der Waals surface area contributed by atoms with E-state index in [0.717, 1.165) is 16.7 Å². The lowest BCUT2D eigenvalue weighted by atomic mass is 9.93. The summed E-state index contributed by atoms with van der Waals surface area (Å²) >= 11 is 0. The summed E-state index contributed by atoms with van der Waals surface area (Å²) in [5.41, 5.74) is 3.36. The summed E-state index contributed by atoms with van der Waals surface area (Å²) in [4.78, 5) is 11.4. The van der Waals surface area contributed by atoms with Gasteiger partial charge in [-0.25, -0.2) is 4.79 Å². The molecule has 0 unspecified atom stereocenters. The van der Waals surface area contributed by atoms with Gasteiger partial charge in [0.2, 0.25) is 0 Å². The van der Waals surface area contributed by atoms with Crippen LogP contribution in [0.4, 0.5) is 0 Å². The summed E-state index contributed by atoms with van der Waals surface area (Å²) in [5.74, 6) is -0.802. The van der Waals surface area contributed by atoms with Gasteiger partial charge in [0.1, 0.15) is 6.10 Å². The molecule has 0 radical (unpaired) electrons. The van der Waals surface area contributed by atoms with Crippen LogP contribution >= 0.6 is 0 Å². The number of hydrogen-bond acceptors (Lipinski definition) is 4. The Bertz CT molecular complexity index is 416. The molecule has 0 heterocycles. The highest BCUT2D eigenvalue weighted by atomic mass is 16.5. The Morgan fingerprint density at radius 2 is 1.72 bits per heavy atom. The topological polar surface area (TPSA) is 66.8 Å². The number of esters is 1. The van der Waals surface area contributed by atoms with Crippen molar-refractivity contribution >= 4 is 5.97 Å². The van der Waals surface area contributed by atoms with Crippen molar-refractivity contribution in [1.82, 2.24) is 0 Å². The zero-order valence-corrected chi connectivity index (χ0v) is 11.2. The molecule has 0 aromatic heterocycles. The molecule has 2 atom stereocenters. The first kappa shape index (κ1) is 14.7. The summed E-state index contributed by atoms with van der Waals surface area (Å²) in [6, 6.07) is 3.81. The summed E-state index contributed by atoms with van der Waals surface area (Å²) in [5, 5.41) is 19.9. The number of aryl methyl sites for hydroxylation is 3. The third kappa shape index (κ3) is 3.09. The number of carbonyl (C=O) groups excluding carboxylic acids is 1. The molecule has 100 valence electrons. The zero-order valence-electron chi connectivity index (χ0n) is 11.2. The largest absolute Gasteiger partial charge is 0.464 e. The van der Waals surface area contributed by atoms with Gasteiger partial charge in [-0.2, -0.15) is 0 Å². The van der Waals surface area contributed by atoms with Crippen LogP contribution in [0.5, 0.6) is 0 Å². The number of aliphatic hydroxyl groups excluding tert-OH is 2. The van der Waals surface area contributed by atoms with Crippen molar-refractivity contribution < 1.29 is 19.7 Å². The SMILES string of the molecule is CCOC(=O)[C@H](O)[C@@H](O)c1c(C)cc(C)cc1C. The summed E-state index contributed by atoms with van der Waals surface area (Å²) in [6.45, 7) is 7.47. The predicted molar refractivity (Wildman–Crippen MR) is 68.3 cm³/mol. The van der Waals surface area contributed by atoms with Crippen molar-refractivity contribution in [2.75, 3.05) is 6.61 Å². The molecule has 0 aliphatic heterocycles. The van der Waals surface area contributed by atoms with Gasteiger partial charge < -0.3 is 14.9 Å². The molecule has 0 spiro atoms. The number of ether oxygens (including phenoxy) is 1. The molecule has 1 rings (SSSR count). The van der Waals surface area contributed by atoms with Crippen molar-refractivity contribution in [3.8, 4) is 0 Å². The molecule has 0 amide bonds. The highest BCUT2D eigenvalue weighted by Crippen LogP contribution is 2.26. The van der Waals surface area contributed by atoms with Gasteiger partial charge in [-0.3, -0.25) is 0 Å². The van der Waals surface area contributed by atoms with Crippen molar-refractivity contribution in [2.45, 2.75) is 39.9 Å². The molecule has 0 bridgehead atoms. The smallest absolute Gasteiger partial charge is 0.338 e. The number of benzene rings is 1. The van der Waals surface area contributed by atoms with Crippen LogP contribution in [0.25, 0.3) is 0 Å². The van der Waals surface area contributed by atoms with E-state index in [1.807, 2.05) is 32.9 Å². The van der Waals surface area contributed by atoms with Gasteiger partial charge in [-0.15, -0.1) is 0 Å². The summed E-state index contributed by atoms with van der Waals surface area (Å²) in [6.07, 6.45) is -2.81. The average Bonchev–Trinajstić information content (AvgIpc) is 2.26. The van der Waals surface area contributed by atoms with Crippen molar-refractivity contribution in [2.24, 2.45) is 0 Å². The first-order chi connectivity index (χ1) is 8.38. The Morgan fingerprint density at radius 1 is 1.22 bits per heavy atom. The van der Waals surface area contributed by atoms with Gasteiger partial charge in [-0.05, 0) is 44.4 Å². The standard InChI is InChI=1S/C14H20O4/c1-5-18-14(17)13(16)12(15)11-9(3)6-8(2)7-10(11)4/h6-7,12-13,15-16H,5H2,1-4H3/t12-,13+/m0/s1. The monoisotopic (exact) mass is 252 g/mol.